The largest absolute Gasteiger partial charge is 0.467 e. The maximum absolute atomic E-state index is 12.9. The molecule has 0 saturated carbocycles. The van der Waals surface area contributed by atoms with Crippen LogP contribution in [0.25, 0.3) is 0 Å². The van der Waals surface area contributed by atoms with Crippen LogP contribution in [0.3, 0.4) is 0 Å². The van der Waals surface area contributed by atoms with Crippen LogP contribution in [-0.2, 0) is 33.3 Å². The molecule has 1 N–H and O–H groups in total. The number of non-ortho nitro benzene ring substituents is 1. The van der Waals surface area contributed by atoms with Gasteiger partial charge in [0.05, 0.1) is 24.0 Å². The first-order valence-corrected chi connectivity index (χ1v) is 8.37. The molecule has 0 heterocycles. The number of hydrogen-bond acceptors (Lipinski definition) is 5. The molecule has 154 valence electrons. The number of carbonyl (C=O) groups excluding carboxylic acids is 2. The molecule has 0 fully saturated rings. The van der Waals surface area contributed by atoms with Crippen LogP contribution in [0, 0.1) is 10.1 Å². The van der Waals surface area contributed by atoms with E-state index in [0.29, 0.717) is 5.56 Å². The first-order valence-electron chi connectivity index (χ1n) is 8.37. The molecule has 1 amide bonds. The average molecular weight is 410 g/mol. The second-order valence-electron chi connectivity index (χ2n) is 6.15. The Bertz CT molecular complexity index is 915. The molecule has 2 rings (SSSR count). The summed E-state index contributed by atoms with van der Waals surface area (Å²) in [5, 5.41) is 13.2. The van der Waals surface area contributed by atoms with Crippen LogP contribution in [0.1, 0.15) is 16.7 Å². The minimum absolute atomic E-state index is 0.186. The smallest absolute Gasteiger partial charge is 0.416 e. The van der Waals surface area contributed by atoms with Crippen molar-refractivity contribution in [2.45, 2.75) is 25.1 Å². The molecule has 0 saturated heterocycles. The van der Waals surface area contributed by atoms with Gasteiger partial charge in [-0.2, -0.15) is 13.2 Å². The van der Waals surface area contributed by atoms with Gasteiger partial charge in [0.15, 0.2) is 0 Å². The Morgan fingerprint density at radius 2 is 1.79 bits per heavy atom. The lowest BCUT2D eigenvalue weighted by molar-refractivity contribution is -0.384. The summed E-state index contributed by atoms with van der Waals surface area (Å²) in [6.07, 6.45) is -5.00. The lowest BCUT2D eigenvalue weighted by Gasteiger charge is -2.17. The van der Waals surface area contributed by atoms with E-state index in [-0.39, 0.29) is 24.1 Å². The number of esters is 1. The van der Waals surface area contributed by atoms with Crippen molar-refractivity contribution < 1.29 is 32.4 Å². The predicted octanol–water partition coefficient (Wildman–Crippen LogP) is 3.06. The van der Waals surface area contributed by atoms with Crippen molar-refractivity contribution in [3.8, 4) is 0 Å². The zero-order valence-electron chi connectivity index (χ0n) is 15.2. The van der Waals surface area contributed by atoms with Crippen LogP contribution in [0.4, 0.5) is 18.9 Å². The second-order valence-corrected chi connectivity index (χ2v) is 6.15. The van der Waals surface area contributed by atoms with Crippen molar-refractivity contribution in [3.05, 3.63) is 75.3 Å². The molecule has 0 aliphatic heterocycles. The number of alkyl halides is 3. The van der Waals surface area contributed by atoms with E-state index in [0.717, 1.165) is 19.2 Å². The van der Waals surface area contributed by atoms with Gasteiger partial charge in [-0.25, -0.2) is 4.79 Å². The van der Waals surface area contributed by atoms with Gasteiger partial charge in [-0.05, 0) is 17.2 Å². The zero-order chi connectivity index (χ0) is 21.6. The van der Waals surface area contributed by atoms with E-state index in [4.69, 9.17) is 0 Å². The van der Waals surface area contributed by atoms with Crippen LogP contribution < -0.4 is 5.32 Å². The van der Waals surface area contributed by atoms with Gasteiger partial charge in [0.25, 0.3) is 5.69 Å². The number of carbonyl (C=O) groups is 2. The van der Waals surface area contributed by atoms with Crippen LogP contribution >= 0.6 is 0 Å². The first kappa shape index (κ1) is 21.9. The summed E-state index contributed by atoms with van der Waals surface area (Å²) < 4.78 is 43.2. The number of nitrogens with zero attached hydrogens (tertiary/aromatic N) is 1. The van der Waals surface area contributed by atoms with Crippen LogP contribution in [0.2, 0.25) is 0 Å². The van der Waals surface area contributed by atoms with Crippen molar-refractivity contribution in [3.63, 3.8) is 0 Å². The van der Waals surface area contributed by atoms with Gasteiger partial charge >= 0.3 is 12.1 Å². The Balaban J connectivity index is 2.13. The molecule has 2 aromatic carbocycles. The number of benzene rings is 2. The summed E-state index contributed by atoms with van der Waals surface area (Å²) in [6, 6.07) is 8.60. The molecule has 1 atom stereocenters. The maximum Gasteiger partial charge on any atom is 0.416 e. The van der Waals surface area contributed by atoms with Crippen LogP contribution in [0.15, 0.2) is 48.5 Å². The van der Waals surface area contributed by atoms with Gasteiger partial charge in [-0.1, -0.05) is 30.3 Å². The van der Waals surface area contributed by atoms with Gasteiger partial charge in [0.2, 0.25) is 5.91 Å². The summed E-state index contributed by atoms with van der Waals surface area (Å²) >= 11 is 0. The van der Waals surface area contributed by atoms with E-state index in [1.165, 1.54) is 36.4 Å². The van der Waals surface area contributed by atoms with Crippen molar-refractivity contribution in [2.24, 2.45) is 0 Å². The maximum atomic E-state index is 12.9. The average Bonchev–Trinajstić information content (AvgIpc) is 2.66. The molecule has 0 unspecified atom stereocenters. The first-order chi connectivity index (χ1) is 13.6. The number of methoxy groups -OCH3 is 1. The van der Waals surface area contributed by atoms with E-state index in [2.05, 4.69) is 10.1 Å². The lowest BCUT2D eigenvalue weighted by Crippen LogP contribution is -2.43. The van der Waals surface area contributed by atoms with Gasteiger partial charge < -0.3 is 10.1 Å². The highest BCUT2D eigenvalue weighted by Gasteiger charge is 2.31. The number of ether oxygens (including phenoxy) is 1. The molecule has 0 aromatic heterocycles. The molecule has 0 radical (unpaired) electrons. The molecule has 0 spiro atoms. The quantitative estimate of drug-likeness (QED) is 0.430. The monoisotopic (exact) mass is 410 g/mol. The molecule has 29 heavy (non-hydrogen) atoms. The number of halogens is 3. The van der Waals surface area contributed by atoms with Crippen molar-refractivity contribution in [2.75, 3.05) is 7.11 Å². The highest BCUT2D eigenvalue weighted by atomic mass is 19.4. The Morgan fingerprint density at radius 3 is 2.41 bits per heavy atom. The van der Waals surface area contributed by atoms with Gasteiger partial charge in [-0.15, -0.1) is 0 Å². The minimum atomic E-state index is -4.54. The Morgan fingerprint density at radius 1 is 1.14 bits per heavy atom. The summed E-state index contributed by atoms with van der Waals surface area (Å²) in [6.45, 7) is 0. The van der Waals surface area contributed by atoms with Crippen molar-refractivity contribution >= 4 is 17.6 Å². The topological polar surface area (TPSA) is 98.5 Å². The Kier molecular flexibility index (Phi) is 6.92. The summed E-state index contributed by atoms with van der Waals surface area (Å²) in [4.78, 5) is 34.5. The van der Waals surface area contributed by atoms with Crippen molar-refractivity contribution in [1.29, 1.82) is 0 Å². The minimum Gasteiger partial charge on any atom is -0.467 e. The lowest BCUT2D eigenvalue weighted by atomic mass is 10.0. The van der Waals surface area contributed by atoms with E-state index in [1.54, 1.807) is 0 Å². The molecular weight excluding hydrogens is 393 g/mol. The predicted molar refractivity (Wildman–Crippen MR) is 95.9 cm³/mol. The molecule has 10 heteroatoms. The molecule has 0 aliphatic carbocycles. The summed E-state index contributed by atoms with van der Waals surface area (Å²) in [7, 11) is 1.09. The second kappa shape index (κ2) is 9.18. The fourth-order valence-electron chi connectivity index (χ4n) is 2.66. The summed E-state index contributed by atoms with van der Waals surface area (Å²) in [5.74, 6) is -1.46. The highest BCUT2D eigenvalue weighted by Crippen LogP contribution is 2.29. The normalized spacial score (nSPS) is 12.1. The number of rotatable bonds is 7. The number of amides is 1. The fourth-order valence-corrected chi connectivity index (χ4v) is 2.66. The Hall–Kier alpha value is -3.43. The van der Waals surface area contributed by atoms with E-state index in [1.807, 2.05) is 0 Å². The van der Waals surface area contributed by atoms with E-state index < -0.39 is 34.6 Å². The zero-order valence-corrected chi connectivity index (χ0v) is 15.2. The third-order valence-electron chi connectivity index (χ3n) is 4.00. The number of nitro benzene ring substituents is 1. The molecule has 0 bridgehead atoms. The third kappa shape index (κ3) is 6.30. The number of nitro groups is 1. The third-order valence-corrected chi connectivity index (χ3v) is 4.00. The Labute approximate surface area is 163 Å². The number of hydrogen-bond donors (Lipinski definition) is 1. The number of nitrogens with one attached hydrogen (secondary N) is 1. The van der Waals surface area contributed by atoms with Crippen LogP contribution in [0.5, 0.6) is 0 Å². The SMILES string of the molecule is COC(=O)[C@H](Cc1cccc(C(F)(F)F)c1)NC(=O)Cc1cccc([N+](=O)[O-])c1. The van der Waals surface area contributed by atoms with Crippen molar-refractivity contribution in [1.82, 2.24) is 5.32 Å². The van der Waals surface area contributed by atoms with E-state index >= 15 is 0 Å². The molecule has 2 aromatic rings. The summed E-state index contributed by atoms with van der Waals surface area (Å²) in [5.41, 5.74) is -0.532. The van der Waals surface area contributed by atoms with Crippen LogP contribution in [-0.4, -0.2) is 30.0 Å². The van der Waals surface area contributed by atoms with Gasteiger partial charge in [0, 0.05) is 18.6 Å². The molecule has 0 aliphatic rings. The van der Waals surface area contributed by atoms with Gasteiger partial charge in [-0.3, -0.25) is 14.9 Å². The highest BCUT2D eigenvalue weighted by molar-refractivity contribution is 5.85. The molecule has 7 nitrogen and oxygen atoms in total. The van der Waals surface area contributed by atoms with Gasteiger partial charge in [0.1, 0.15) is 6.04 Å². The van der Waals surface area contributed by atoms with E-state index in [9.17, 15) is 32.9 Å². The standard InChI is InChI=1S/C19H17F3N2O5/c1-29-18(26)16(10-12-4-2-6-14(8-12)19(20,21)22)23-17(25)11-13-5-3-7-15(9-13)24(27)28/h2-9,16H,10-11H2,1H3,(H,23,25)/t16-/m0/s1. The fraction of sp³-hybridized carbons (Fsp3) is 0.263. The molecular formula is C19H17F3N2O5.